The molecule has 0 spiro atoms. The molecular weight excluding hydrogens is 226 g/mol. The van der Waals surface area contributed by atoms with Gasteiger partial charge in [0, 0.05) is 26.6 Å². The Morgan fingerprint density at radius 2 is 2.22 bits per heavy atom. The second-order valence-electron chi connectivity index (χ2n) is 5.12. The zero-order valence-corrected chi connectivity index (χ0v) is 10.9. The second kappa shape index (κ2) is 4.57. The number of nitrogens with zero attached hydrogens (tertiary/aromatic N) is 3. The average Bonchev–Trinajstić information content (AvgIpc) is 2.96. The van der Waals surface area contributed by atoms with Crippen LogP contribution in [0.3, 0.4) is 0 Å². The smallest absolute Gasteiger partial charge is 0.179 e. The number of aromatic amines is 1. The number of nitrogens with one attached hydrogen (secondary N) is 2. The van der Waals surface area contributed by atoms with Crippen LogP contribution in [0.1, 0.15) is 18.7 Å². The van der Waals surface area contributed by atoms with Gasteiger partial charge in [0.1, 0.15) is 11.6 Å². The maximum atomic E-state index is 4.59. The van der Waals surface area contributed by atoms with Crippen molar-refractivity contribution in [3.05, 3.63) is 18.0 Å². The van der Waals surface area contributed by atoms with Crippen LogP contribution < -0.4 is 10.2 Å². The van der Waals surface area contributed by atoms with Gasteiger partial charge in [0.2, 0.25) is 0 Å². The number of hydrogen-bond acceptors (Lipinski definition) is 4. The summed E-state index contributed by atoms with van der Waals surface area (Å²) in [5.74, 6) is 1.98. The number of aromatic nitrogens is 3. The van der Waals surface area contributed by atoms with E-state index < -0.39 is 0 Å². The van der Waals surface area contributed by atoms with Crippen LogP contribution in [0.15, 0.2) is 12.1 Å². The van der Waals surface area contributed by atoms with Gasteiger partial charge in [-0.25, -0.2) is 9.97 Å². The summed E-state index contributed by atoms with van der Waals surface area (Å²) in [6.45, 7) is 1.13. The van der Waals surface area contributed by atoms with E-state index in [1.165, 1.54) is 12.8 Å². The molecule has 0 saturated carbocycles. The van der Waals surface area contributed by atoms with E-state index in [2.05, 4.69) is 26.3 Å². The van der Waals surface area contributed by atoms with Crippen molar-refractivity contribution in [1.29, 1.82) is 0 Å². The van der Waals surface area contributed by atoms with E-state index in [1.54, 1.807) is 0 Å². The molecule has 1 saturated heterocycles. The fourth-order valence-corrected chi connectivity index (χ4v) is 2.44. The van der Waals surface area contributed by atoms with Crippen LogP contribution in [0, 0.1) is 0 Å². The molecule has 0 amide bonds. The molecule has 5 nitrogen and oxygen atoms in total. The van der Waals surface area contributed by atoms with Crippen molar-refractivity contribution in [2.45, 2.75) is 25.3 Å². The predicted octanol–water partition coefficient (Wildman–Crippen LogP) is 1.32. The third-order valence-electron chi connectivity index (χ3n) is 3.44. The Hall–Kier alpha value is -1.62. The van der Waals surface area contributed by atoms with Crippen LogP contribution in [0.4, 0.5) is 5.82 Å². The minimum absolute atomic E-state index is 0.568. The second-order valence-corrected chi connectivity index (χ2v) is 5.12. The SMILES string of the molecule is CN(C)c1ccc2[nH]c(CC3CCCN3)nc2n1. The first kappa shape index (κ1) is 11.5. The maximum Gasteiger partial charge on any atom is 0.179 e. The molecule has 3 rings (SSSR count). The van der Waals surface area contributed by atoms with Gasteiger partial charge in [-0.05, 0) is 31.5 Å². The van der Waals surface area contributed by atoms with Crippen LogP contribution >= 0.6 is 0 Å². The lowest BCUT2D eigenvalue weighted by Gasteiger charge is -2.09. The first-order chi connectivity index (χ1) is 8.72. The number of fused-ring (bicyclic) bond motifs is 1. The number of hydrogen-bond donors (Lipinski definition) is 2. The summed E-state index contributed by atoms with van der Waals surface area (Å²) in [6, 6.07) is 4.63. The number of pyridine rings is 1. The maximum absolute atomic E-state index is 4.59. The third kappa shape index (κ3) is 2.18. The predicted molar refractivity (Wildman–Crippen MR) is 72.9 cm³/mol. The van der Waals surface area contributed by atoms with Gasteiger partial charge in [0.25, 0.3) is 0 Å². The van der Waals surface area contributed by atoms with Crippen molar-refractivity contribution in [2.75, 3.05) is 25.5 Å². The summed E-state index contributed by atoms with van der Waals surface area (Å²) in [5, 5.41) is 3.49. The summed E-state index contributed by atoms with van der Waals surface area (Å²) < 4.78 is 0. The van der Waals surface area contributed by atoms with Crippen LogP contribution in [0.25, 0.3) is 11.2 Å². The molecule has 1 aliphatic rings. The van der Waals surface area contributed by atoms with Gasteiger partial charge in [0.15, 0.2) is 5.65 Å². The molecule has 1 fully saturated rings. The van der Waals surface area contributed by atoms with E-state index in [4.69, 9.17) is 0 Å². The highest BCUT2D eigenvalue weighted by atomic mass is 15.1. The highest BCUT2D eigenvalue weighted by Crippen LogP contribution is 2.16. The number of imidazole rings is 1. The number of anilines is 1. The van der Waals surface area contributed by atoms with Crippen molar-refractivity contribution in [2.24, 2.45) is 0 Å². The Labute approximate surface area is 107 Å². The largest absolute Gasteiger partial charge is 0.363 e. The van der Waals surface area contributed by atoms with E-state index in [-0.39, 0.29) is 0 Å². The summed E-state index contributed by atoms with van der Waals surface area (Å²) in [6.07, 6.45) is 3.48. The van der Waals surface area contributed by atoms with Crippen LogP contribution in [-0.4, -0.2) is 41.6 Å². The van der Waals surface area contributed by atoms with Crippen molar-refractivity contribution in [3.8, 4) is 0 Å². The molecule has 0 radical (unpaired) electrons. The van der Waals surface area contributed by atoms with Gasteiger partial charge in [0.05, 0.1) is 5.52 Å². The standard InChI is InChI=1S/C13H19N5/c1-18(2)12-6-5-10-13(17-12)16-11(15-10)8-9-4-3-7-14-9/h5-6,9,14H,3-4,7-8H2,1-2H3,(H,15,16,17). The fraction of sp³-hybridized carbons (Fsp3) is 0.538. The van der Waals surface area contributed by atoms with Gasteiger partial charge in [-0.3, -0.25) is 0 Å². The Morgan fingerprint density at radius 1 is 1.33 bits per heavy atom. The quantitative estimate of drug-likeness (QED) is 0.856. The van der Waals surface area contributed by atoms with E-state index in [0.717, 1.165) is 35.8 Å². The third-order valence-corrected chi connectivity index (χ3v) is 3.44. The van der Waals surface area contributed by atoms with Gasteiger partial charge in [-0.15, -0.1) is 0 Å². The minimum atomic E-state index is 0.568. The molecule has 0 aliphatic carbocycles. The molecule has 0 aromatic carbocycles. The summed E-state index contributed by atoms with van der Waals surface area (Å²) in [5.41, 5.74) is 1.84. The van der Waals surface area contributed by atoms with Crippen molar-refractivity contribution in [3.63, 3.8) is 0 Å². The van der Waals surface area contributed by atoms with E-state index in [1.807, 2.05) is 25.1 Å². The van der Waals surface area contributed by atoms with Gasteiger partial charge < -0.3 is 15.2 Å². The average molecular weight is 245 g/mol. The monoisotopic (exact) mass is 245 g/mol. The van der Waals surface area contributed by atoms with Crippen LogP contribution in [-0.2, 0) is 6.42 Å². The Morgan fingerprint density at radius 3 is 2.94 bits per heavy atom. The molecule has 2 aromatic heterocycles. The highest BCUT2D eigenvalue weighted by Gasteiger charge is 2.16. The molecule has 18 heavy (non-hydrogen) atoms. The lowest BCUT2D eigenvalue weighted by Crippen LogP contribution is -2.24. The van der Waals surface area contributed by atoms with Crippen LogP contribution in [0.2, 0.25) is 0 Å². The van der Waals surface area contributed by atoms with Crippen molar-refractivity contribution < 1.29 is 0 Å². The zero-order valence-electron chi connectivity index (χ0n) is 10.9. The zero-order chi connectivity index (χ0) is 12.5. The molecule has 96 valence electrons. The molecular formula is C13H19N5. The molecule has 1 aliphatic heterocycles. The number of rotatable bonds is 3. The fourth-order valence-electron chi connectivity index (χ4n) is 2.44. The molecule has 1 atom stereocenters. The summed E-state index contributed by atoms with van der Waals surface area (Å²) in [4.78, 5) is 14.5. The summed E-state index contributed by atoms with van der Waals surface area (Å²) >= 11 is 0. The van der Waals surface area contributed by atoms with E-state index >= 15 is 0 Å². The molecule has 2 aromatic rings. The molecule has 5 heteroatoms. The van der Waals surface area contributed by atoms with Gasteiger partial charge in [-0.1, -0.05) is 0 Å². The van der Waals surface area contributed by atoms with Crippen molar-refractivity contribution in [1.82, 2.24) is 20.3 Å². The van der Waals surface area contributed by atoms with E-state index in [9.17, 15) is 0 Å². The first-order valence-corrected chi connectivity index (χ1v) is 6.49. The van der Waals surface area contributed by atoms with Gasteiger partial charge in [-0.2, -0.15) is 0 Å². The Balaban J connectivity index is 1.85. The van der Waals surface area contributed by atoms with E-state index in [0.29, 0.717) is 6.04 Å². The van der Waals surface area contributed by atoms with Crippen LogP contribution in [0.5, 0.6) is 0 Å². The lowest BCUT2D eigenvalue weighted by atomic mass is 10.1. The van der Waals surface area contributed by atoms with Gasteiger partial charge >= 0.3 is 0 Å². The first-order valence-electron chi connectivity index (χ1n) is 6.49. The number of H-pyrrole nitrogens is 1. The lowest BCUT2D eigenvalue weighted by molar-refractivity contribution is 0.589. The molecule has 0 bridgehead atoms. The minimum Gasteiger partial charge on any atom is -0.363 e. The normalized spacial score (nSPS) is 19.6. The molecule has 2 N–H and O–H groups in total. The molecule has 3 heterocycles. The van der Waals surface area contributed by atoms with Crippen molar-refractivity contribution >= 4 is 17.0 Å². The Kier molecular flexibility index (Phi) is 2.91. The highest BCUT2D eigenvalue weighted by molar-refractivity contribution is 5.73. The summed E-state index contributed by atoms with van der Waals surface area (Å²) in [7, 11) is 3.98. The molecule has 1 unspecified atom stereocenters. The topological polar surface area (TPSA) is 56.8 Å². The Bertz CT molecular complexity index is 539.